The van der Waals surface area contributed by atoms with Gasteiger partial charge in [-0.15, -0.1) is 0 Å². The number of nitrogens with one attached hydrogen (secondary N) is 2. The summed E-state index contributed by atoms with van der Waals surface area (Å²) in [5.41, 5.74) is 3.10. The topological polar surface area (TPSA) is 71.3 Å². The maximum absolute atomic E-state index is 14.1. The summed E-state index contributed by atoms with van der Waals surface area (Å²) in [6.45, 7) is 6.73. The molecule has 0 bridgehead atoms. The molecular weight excluding hydrogens is 465 g/mol. The van der Waals surface area contributed by atoms with Crippen LogP contribution < -0.4 is 21.2 Å². The first-order valence-electron chi connectivity index (χ1n) is 10.5. The number of hydrogen-bond acceptors (Lipinski definition) is 3. The zero-order chi connectivity index (χ0) is 22.1. The first-order valence-corrected chi connectivity index (χ1v) is 11.3. The predicted molar refractivity (Wildman–Crippen MR) is 126 cm³/mol. The lowest BCUT2D eigenvalue weighted by Gasteiger charge is -2.22. The van der Waals surface area contributed by atoms with Crippen molar-refractivity contribution in [3.05, 3.63) is 51.1 Å². The monoisotopic (exact) mass is 489 g/mol. The van der Waals surface area contributed by atoms with Crippen molar-refractivity contribution in [2.24, 2.45) is 0 Å². The fourth-order valence-electron chi connectivity index (χ4n) is 4.15. The van der Waals surface area contributed by atoms with E-state index in [4.69, 9.17) is 0 Å². The zero-order valence-electron chi connectivity index (χ0n) is 17.5. The average Bonchev–Trinajstić information content (AvgIpc) is 3.35. The summed E-state index contributed by atoms with van der Waals surface area (Å²) < 4.78 is 18.2. The summed E-state index contributed by atoms with van der Waals surface area (Å²) in [6.07, 6.45) is 2.15. The number of carbonyl (C=O) groups is 1. The van der Waals surface area contributed by atoms with E-state index in [9.17, 15) is 14.0 Å². The Morgan fingerprint density at radius 2 is 1.61 bits per heavy atom. The number of benzene rings is 2. The van der Waals surface area contributed by atoms with Crippen LogP contribution in [-0.4, -0.2) is 28.3 Å². The highest BCUT2D eigenvalue weighted by molar-refractivity contribution is 9.10. The number of rotatable bonds is 5. The van der Waals surface area contributed by atoms with E-state index in [0.717, 1.165) is 42.7 Å². The molecule has 0 radical (unpaired) electrons. The SMILES string of the molecule is CCn1c(=O)n(CC)c2cc(N3CCCC3)c(NC(=O)Nc3ccc(Br)cc3F)cc21. The molecule has 1 saturated heterocycles. The molecule has 4 rings (SSSR count). The number of aryl methyl sites for hydroxylation is 2. The number of hydrogen-bond donors (Lipinski definition) is 2. The van der Waals surface area contributed by atoms with Gasteiger partial charge in [0.05, 0.1) is 28.1 Å². The van der Waals surface area contributed by atoms with Gasteiger partial charge in [0.15, 0.2) is 0 Å². The Hall–Kier alpha value is -2.81. The second kappa shape index (κ2) is 8.74. The van der Waals surface area contributed by atoms with E-state index < -0.39 is 11.8 Å². The van der Waals surface area contributed by atoms with Crippen LogP contribution in [0.15, 0.2) is 39.6 Å². The molecular formula is C22H25BrFN5O2. The molecule has 31 heavy (non-hydrogen) atoms. The molecule has 0 saturated carbocycles. The molecule has 1 aliphatic rings. The molecule has 1 aromatic heterocycles. The summed E-state index contributed by atoms with van der Waals surface area (Å²) in [6, 6.07) is 7.74. The van der Waals surface area contributed by atoms with Gasteiger partial charge in [-0.25, -0.2) is 14.0 Å². The molecule has 0 unspecified atom stereocenters. The summed E-state index contributed by atoms with van der Waals surface area (Å²) in [5.74, 6) is -0.528. The fraction of sp³-hybridized carbons (Fsp3) is 0.364. The van der Waals surface area contributed by atoms with Gasteiger partial charge in [-0.05, 0) is 57.0 Å². The van der Waals surface area contributed by atoms with Crippen LogP contribution in [-0.2, 0) is 13.1 Å². The molecule has 0 atom stereocenters. The lowest BCUT2D eigenvalue weighted by molar-refractivity contribution is 0.262. The van der Waals surface area contributed by atoms with Crippen LogP contribution in [0.25, 0.3) is 11.0 Å². The fourth-order valence-corrected chi connectivity index (χ4v) is 4.48. The molecule has 7 nitrogen and oxygen atoms in total. The number of amides is 2. The van der Waals surface area contributed by atoms with Crippen LogP contribution in [0, 0.1) is 5.82 Å². The Bertz CT molecular complexity index is 1200. The van der Waals surface area contributed by atoms with Crippen LogP contribution in [0.2, 0.25) is 0 Å². The molecule has 1 aliphatic heterocycles. The number of aromatic nitrogens is 2. The molecule has 0 spiro atoms. The molecule has 2 heterocycles. The van der Waals surface area contributed by atoms with E-state index in [1.807, 2.05) is 26.0 Å². The van der Waals surface area contributed by atoms with Crippen molar-refractivity contribution in [1.82, 2.24) is 9.13 Å². The summed E-state index contributed by atoms with van der Waals surface area (Å²) in [4.78, 5) is 27.7. The first kappa shape index (κ1) is 21.4. The smallest absolute Gasteiger partial charge is 0.329 e. The van der Waals surface area contributed by atoms with Crippen LogP contribution in [0.4, 0.5) is 26.2 Å². The van der Waals surface area contributed by atoms with Gasteiger partial charge < -0.3 is 15.5 Å². The minimum Gasteiger partial charge on any atom is -0.370 e. The van der Waals surface area contributed by atoms with Gasteiger partial charge in [0.1, 0.15) is 5.82 Å². The lowest BCUT2D eigenvalue weighted by atomic mass is 10.2. The predicted octanol–water partition coefficient (Wildman–Crippen LogP) is 4.99. The third-order valence-electron chi connectivity index (χ3n) is 5.64. The van der Waals surface area contributed by atoms with Crippen molar-refractivity contribution < 1.29 is 9.18 Å². The Kier molecular flexibility index (Phi) is 6.04. The maximum atomic E-state index is 14.1. The van der Waals surface area contributed by atoms with E-state index in [1.54, 1.807) is 15.2 Å². The van der Waals surface area contributed by atoms with Gasteiger partial charge in [0, 0.05) is 30.7 Å². The minimum absolute atomic E-state index is 0.0640. The van der Waals surface area contributed by atoms with Crippen molar-refractivity contribution in [2.75, 3.05) is 28.6 Å². The first-order chi connectivity index (χ1) is 14.9. The molecule has 2 aromatic carbocycles. The number of carbonyl (C=O) groups excluding carboxylic acids is 1. The van der Waals surface area contributed by atoms with Gasteiger partial charge in [0.2, 0.25) is 0 Å². The summed E-state index contributed by atoms with van der Waals surface area (Å²) >= 11 is 3.21. The highest BCUT2D eigenvalue weighted by atomic mass is 79.9. The van der Waals surface area contributed by atoms with Gasteiger partial charge in [-0.1, -0.05) is 15.9 Å². The molecule has 9 heteroatoms. The molecule has 0 aliphatic carbocycles. The van der Waals surface area contributed by atoms with Gasteiger partial charge in [-0.2, -0.15) is 0 Å². The number of fused-ring (bicyclic) bond motifs is 1. The standard InChI is InChI=1S/C22H25BrFN5O2/c1-3-28-19-12-17(26-21(30)25-16-8-7-14(23)11-15(16)24)18(27-9-5-6-10-27)13-20(19)29(4-2)22(28)31/h7-8,11-13H,3-6,9-10H2,1-2H3,(H2,25,26,30). The largest absolute Gasteiger partial charge is 0.370 e. The van der Waals surface area contributed by atoms with Crippen LogP contribution in [0.5, 0.6) is 0 Å². The number of nitrogens with zero attached hydrogens (tertiary/aromatic N) is 3. The molecule has 2 amide bonds. The highest BCUT2D eigenvalue weighted by Crippen LogP contribution is 2.34. The number of urea groups is 1. The van der Waals surface area contributed by atoms with E-state index in [0.29, 0.717) is 23.2 Å². The van der Waals surface area contributed by atoms with E-state index in [-0.39, 0.29) is 11.4 Å². The normalized spacial score (nSPS) is 13.7. The second-order valence-corrected chi connectivity index (χ2v) is 8.44. The molecule has 164 valence electrons. The van der Waals surface area contributed by atoms with Gasteiger partial charge in [-0.3, -0.25) is 9.13 Å². The van der Waals surface area contributed by atoms with Gasteiger partial charge in [0.25, 0.3) is 0 Å². The van der Waals surface area contributed by atoms with Crippen molar-refractivity contribution in [1.29, 1.82) is 0 Å². The number of imidazole rings is 1. The Balaban J connectivity index is 1.75. The van der Waals surface area contributed by atoms with Crippen molar-refractivity contribution in [2.45, 2.75) is 39.8 Å². The third-order valence-corrected chi connectivity index (χ3v) is 6.14. The van der Waals surface area contributed by atoms with Crippen LogP contribution in [0.3, 0.4) is 0 Å². The van der Waals surface area contributed by atoms with Crippen molar-refractivity contribution in [3.63, 3.8) is 0 Å². The summed E-state index contributed by atoms with van der Waals surface area (Å²) in [5, 5.41) is 5.44. The Morgan fingerprint density at radius 3 is 2.23 bits per heavy atom. The molecule has 1 fully saturated rings. The third kappa shape index (κ3) is 4.06. The van der Waals surface area contributed by atoms with E-state index in [1.165, 1.54) is 12.1 Å². The second-order valence-electron chi connectivity index (χ2n) is 7.53. The Labute approximate surface area is 188 Å². The summed E-state index contributed by atoms with van der Waals surface area (Å²) in [7, 11) is 0. The molecule has 3 aromatic rings. The van der Waals surface area contributed by atoms with Crippen LogP contribution in [0.1, 0.15) is 26.7 Å². The Morgan fingerprint density at radius 1 is 1.00 bits per heavy atom. The number of halogens is 2. The zero-order valence-corrected chi connectivity index (χ0v) is 19.1. The van der Waals surface area contributed by atoms with Crippen molar-refractivity contribution >= 4 is 50.1 Å². The molecule has 2 N–H and O–H groups in total. The van der Waals surface area contributed by atoms with Gasteiger partial charge >= 0.3 is 11.7 Å². The maximum Gasteiger partial charge on any atom is 0.329 e. The van der Waals surface area contributed by atoms with Crippen molar-refractivity contribution in [3.8, 4) is 0 Å². The minimum atomic E-state index is -0.540. The quantitative estimate of drug-likeness (QED) is 0.530. The highest BCUT2D eigenvalue weighted by Gasteiger charge is 2.21. The lowest BCUT2D eigenvalue weighted by Crippen LogP contribution is -2.24. The van der Waals surface area contributed by atoms with E-state index in [2.05, 4.69) is 31.5 Å². The average molecular weight is 490 g/mol. The van der Waals surface area contributed by atoms with E-state index >= 15 is 0 Å². The number of anilines is 3. The van der Waals surface area contributed by atoms with Crippen LogP contribution >= 0.6 is 15.9 Å².